The van der Waals surface area contributed by atoms with Crippen molar-refractivity contribution in [3.63, 3.8) is 0 Å². The van der Waals surface area contributed by atoms with E-state index in [1.54, 1.807) is 6.92 Å². The molecule has 1 aromatic carbocycles. The highest BCUT2D eigenvalue weighted by atomic mass is 35.5. The Kier molecular flexibility index (Phi) is 3.47. The van der Waals surface area contributed by atoms with E-state index in [9.17, 15) is 9.18 Å². The van der Waals surface area contributed by atoms with Gasteiger partial charge in [0.2, 0.25) is 0 Å². The van der Waals surface area contributed by atoms with Crippen molar-refractivity contribution in [2.24, 2.45) is 0 Å². The molecule has 0 aliphatic carbocycles. The molecule has 0 saturated heterocycles. The van der Waals surface area contributed by atoms with Gasteiger partial charge in [0.1, 0.15) is 10.8 Å². The van der Waals surface area contributed by atoms with Gasteiger partial charge in [0.05, 0.1) is 12.2 Å². The van der Waals surface area contributed by atoms with Gasteiger partial charge in [-0.05, 0) is 26.0 Å². The van der Waals surface area contributed by atoms with Crippen LogP contribution in [0.4, 0.5) is 4.39 Å². The fraction of sp³-hybridized carbons (Fsp3) is 0.300. The van der Waals surface area contributed by atoms with Crippen LogP contribution in [0.3, 0.4) is 0 Å². The lowest BCUT2D eigenvalue weighted by molar-refractivity contribution is 0.101. The summed E-state index contributed by atoms with van der Waals surface area (Å²) in [6.07, 6.45) is 0. The largest absolute Gasteiger partial charge is 0.491 e. The third kappa shape index (κ3) is 2.04. The molecule has 0 saturated carbocycles. The van der Waals surface area contributed by atoms with Gasteiger partial charge < -0.3 is 4.74 Å². The molecule has 0 radical (unpaired) electrons. The molecule has 0 atom stereocenters. The molecule has 1 aromatic rings. The summed E-state index contributed by atoms with van der Waals surface area (Å²) in [5.74, 6) is -0.655. The molecule has 4 heteroatoms. The molecule has 2 nitrogen and oxygen atoms in total. The zero-order valence-electron chi connectivity index (χ0n) is 7.93. The van der Waals surface area contributed by atoms with Crippen LogP contribution >= 0.6 is 11.6 Å². The van der Waals surface area contributed by atoms with Gasteiger partial charge in [-0.1, -0.05) is 11.6 Å². The lowest BCUT2D eigenvalue weighted by atomic mass is 10.1. The Morgan fingerprint density at radius 3 is 2.71 bits per heavy atom. The first-order valence-corrected chi connectivity index (χ1v) is 4.57. The van der Waals surface area contributed by atoms with Crippen LogP contribution in [0, 0.1) is 5.82 Å². The highest BCUT2D eigenvalue weighted by Gasteiger charge is 2.15. The summed E-state index contributed by atoms with van der Waals surface area (Å²) in [4.78, 5) is 11.1. The number of halogens is 2. The third-order valence-corrected chi connectivity index (χ3v) is 2.07. The van der Waals surface area contributed by atoms with Crippen LogP contribution in [0.1, 0.15) is 24.2 Å². The summed E-state index contributed by atoms with van der Waals surface area (Å²) >= 11 is 5.67. The summed E-state index contributed by atoms with van der Waals surface area (Å²) in [5, 5.41) is -0.139. The molecular formula is C10H10ClFO2. The second kappa shape index (κ2) is 4.42. The summed E-state index contributed by atoms with van der Waals surface area (Å²) in [6.45, 7) is 3.46. The fourth-order valence-corrected chi connectivity index (χ4v) is 1.31. The van der Waals surface area contributed by atoms with Crippen LogP contribution in [0.2, 0.25) is 5.02 Å². The van der Waals surface area contributed by atoms with E-state index < -0.39 is 5.82 Å². The number of ketones is 1. The molecule has 0 N–H and O–H groups in total. The minimum Gasteiger partial charge on any atom is -0.491 e. The van der Waals surface area contributed by atoms with Crippen LogP contribution < -0.4 is 4.74 Å². The Bertz CT molecular complexity index is 363. The fourth-order valence-electron chi connectivity index (χ4n) is 1.09. The quantitative estimate of drug-likeness (QED) is 0.726. The number of hydrogen-bond donors (Lipinski definition) is 0. The van der Waals surface area contributed by atoms with Crippen molar-refractivity contribution in [1.82, 2.24) is 0 Å². The number of ether oxygens (including phenoxy) is 1. The molecule has 0 unspecified atom stereocenters. The van der Waals surface area contributed by atoms with Crippen molar-refractivity contribution in [3.05, 3.63) is 28.5 Å². The van der Waals surface area contributed by atoms with Crippen molar-refractivity contribution in [3.8, 4) is 5.75 Å². The summed E-state index contributed by atoms with van der Waals surface area (Å²) in [5.41, 5.74) is 0.304. The van der Waals surface area contributed by atoms with Crippen LogP contribution in [0.15, 0.2) is 12.1 Å². The van der Waals surface area contributed by atoms with Gasteiger partial charge in [0.15, 0.2) is 11.5 Å². The van der Waals surface area contributed by atoms with Crippen LogP contribution in [0.25, 0.3) is 0 Å². The maximum atomic E-state index is 13.0. The van der Waals surface area contributed by atoms with Gasteiger partial charge in [-0.2, -0.15) is 0 Å². The zero-order valence-corrected chi connectivity index (χ0v) is 8.69. The number of carbonyl (C=O) groups is 1. The van der Waals surface area contributed by atoms with Gasteiger partial charge >= 0.3 is 0 Å². The van der Waals surface area contributed by atoms with E-state index in [0.29, 0.717) is 12.2 Å². The summed E-state index contributed by atoms with van der Waals surface area (Å²) in [6, 6.07) is 2.52. The zero-order chi connectivity index (χ0) is 10.7. The summed E-state index contributed by atoms with van der Waals surface area (Å²) < 4.78 is 18.1. The number of benzene rings is 1. The molecule has 14 heavy (non-hydrogen) atoms. The average Bonchev–Trinajstić information content (AvgIpc) is 2.13. The second-order valence-corrected chi connectivity index (χ2v) is 3.11. The molecule has 0 spiro atoms. The lowest BCUT2D eigenvalue weighted by Crippen LogP contribution is -2.02. The maximum absolute atomic E-state index is 13.0. The Morgan fingerprint density at radius 1 is 1.57 bits per heavy atom. The van der Waals surface area contributed by atoms with Gasteiger partial charge in [0.25, 0.3) is 0 Å². The van der Waals surface area contributed by atoms with Crippen molar-refractivity contribution < 1.29 is 13.9 Å². The maximum Gasteiger partial charge on any atom is 0.163 e. The molecule has 0 amide bonds. The second-order valence-electron chi connectivity index (χ2n) is 2.73. The molecular weight excluding hydrogens is 207 g/mol. The monoisotopic (exact) mass is 216 g/mol. The third-order valence-electron chi connectivity index (χ3n) is 1.72. The topological polar surface area (TPSA) is 26.3 Å². The molecule has 0 aromatic heterocycles. The van der Waals surface area contributed by atoms with Crippen LogP contribution in [-0.4, -0.2) is 12.4 Å². The molecule has 0 fully saturated rings. The molecule has 0 aliphatic heterocycles. The Hall–Kier alpha value is -1.09. The van der Waals surface area contributed by atoms with E-state index in [1.807, 2.05) is 0 Å². The Balaban J connectivity index is 3.29. The Morgan fingerprint density at radius 2 is 2.21 bits per heavy atom. The predicted molar refractivity (Wildman–Crippen MR) is 52.6 cm³/mol. The minimum atomic E-state index is -0.583. The first kappa shape index (κ1) is 11.0. The van der Waals surface area contributed by atoms with Gasteiger partial charge in [0, 0.05) is 0 Å². The summed E-state index contributed by atoms with van der Waals surface area (Å²) in [7, 11) is 0. The van der Waals surface area contributed by atoms with E-state index in [1.165, 1.54) is 13.0 Å². The van der Waals surface area contributed by atoms with Gasteiger partial charge in [-0.15, -0.1) is 0 Å². The van der Waals surface area contributed by atoms with E-state index in [4.69, 9.17) is 16.3 Å². The van der Waals surface area contributed by atoms with E-state index >= 15 is 0 Å². The normalized spacial score (nSPS) is 10.0. The Labute approximate surface area is 86.6 Å². The number of Topliss-reactive ketones (excluding diaryl/α,β-unsaturated/α-hetero) is 1. The average molecular weight is 217 g/mol. The molecule has 0 bridgehead atoms. The van der Waals surface area contributed by atoms with Crippen LogP contribution in [-0.2, 0) is 0 Å². The highest BCUT2D eigenvalue weighted by Crippen LogP contribution is 2.31. The molecule has 76 valence electrons. The van der Waals surface area contributed by atoms with Crippen molar-refractivity contribution in [2.45, 2.75) is 13.8 Å². The van der Waals surface area contributed by atoms with Gasteiger partial charge in [-0.3, -0.25) is 4.79 Å². The SMILES string of the molecule is CCOc1c(C(C)=O)ccc(F)c1Cl. The smallest absolute Gasteiger partial charge is 0.163 e. The number of hydrogen-bond acceptors (Lipinski definition) is 2. The van der Waals surface area contributed by atoms with Gasteiger partial charge in [-0.25, -0.2) is 4.39 Å². The molecule has 0 heterocycles. The van der Waals surface area contributed by atoms with Crippen molar-refractivity contribution in [1.29, 1.82) is 0 Å². The molecule has 0 aliphatic rings. The number of carbonyl (C=O) groups excluding carboxylic acids is 1. The van der Waals surface area contributed by atoms with E-state index in [0.717, 1.165) is 6.07 Å². The van der Waals surface area contributed by atoms with Crippen molar-refractivity contribution in [2.75, 3.05) is 6.61 Å². The number of rotatable bonds is 3. The van der Waals surface area contributed by atoms with Crippen molar-refractivity contribution >= 4 is 17.4 Å². The molecule has 1 rings (SSSR count). The minimum absolute atomic E-state index is 0.127. The first-order chi connectivity index (χ1) is 6.57. The van der Waals surface area contributed by atoms with Crippen LogP contribution in [0.5, 0.6) is 5.75 Å². The first-order valence-electron chi connectivity index (χ1n) is 4.19. The predicted octanol–water partition coefficient (Wildman–Crippen LogP) is 3.08. The van der Waals surface area contributed by atoms with E-state index in [2.05, 4.69) is 0 Å². The standard InChI is InChI=1S/C10H10ClFO2/c1-3-14-10-7(6(2)13)4-5-8(12)9(10)11/h4-5H,3H2,1-2H3. The highest BCUT2D eigenvalue weighted by molar-refractivity contribution is 6.32. The lowest BCUT2D eigenvalue weighted by Gasteiger charge is -2.09. The van der Waals surface area contributed by atoms with E-state index in [-0.39, 0.29) is 16.6 Å².